The van der Waals surface area contributed by atoms with E-state index in [4.69, 9.17) is 5.73 Å². The normalized spacial score (nSPS) is 22.3. The molecule has 1 fully saturated rings. The third kappa shape index (κ3) is 2.95. The maximum absolute atomic E-state index is 6.02. The van der Waals surface area contributed by atoms with Crippen LogP contribution in [0, 0.1) is 12.8 Å². The van der Waals surface area contributed by atoms with Crippen LogP contribution in [0.25, 0.3) is 0 Å². The molecule has 1 aliphatic heterocycles. The van der Waals surface area contributed by atoms with Crippen LogP contribution < -0.4 is 5.73 Å². The van der Waals surface area contributed by atoms with E-state index in [0.29, 0.717) is 12.6 Å². The summed E-state index contributed by atoms with van der Waals surface area (Å²) in [5.41, 5.74) is 8.64. The van der Waals surface area contributed by atoms with Gasteiger partial charge < -0.3 is 5.73 Å². The largest absolute Gasteiger partial charge is 0.329 e. The molecule has 2 atom stereocenters. The number of hydrogen-bond acceptors (Lipinski definition) is 2. The molecule has 0 radical (unpaired) electrons. The van der Waals surface area contributed by atoms with Crippen LogP contribution in [0.4, 0.5) is 0 Å². The van der Waals surface area contributed by atoms with E-state index in [2.05, 4.69) is 52.9 Å². The quantitative estimate of drug-likeness (QED) is 0.922. The molecular weight excluding hydrogens is 288 g/mol. The molecule has 2 N–H and O–H groups in total. The standard InChI is InChI=1S/C15H23BrN2/c1-3-12-6-7-18(10-12)15(9-17)13-5-4-11(2)8-14(13)16/h4-5,8,12,15H,3,6-7,9-10,17H2,1-2H3. The van der Waals surface area contributed by atoms with Gasteiger partial charge in [-0.25, -0.2) is 0 Å². The fourth-order valence-corrected chi connectivity index (χ4v) is 3.61. The first-order chi connectivity index (χ1) is 8.65. The summed E-state index contributed by atoms with van der Waals surface area (Å²) in [6.07, 6.45) is 2.60. The SMILES string of the molecule is CCC1CCN(C(CN)c2ccc(C)cc2Br)C1. The monoisotopic (exact) mass is 310 g/mol. The Morgan fingerprint density at radius 2 is 2.28 bits per heavy atom. The number of rotatable bonds is 4. The predicted octanol–water partition coefficient (Wildman–Crippen LogP) is 3.49. The minimum atomic E-state index is 0.358. The van der Waals surface area contributed by atoms with Gasteiger partial charge >= 0.3 is 0 Å². The lowest BCUT2D eigenvalue weighted by Crippen LogP contribution is -2.32. The summed E-state index contributed by atoms with van der Waals surface area (Å²) in [5, 5.41) is 0. The summed E-state index contributed by atoms with van der Waals surface area (Å²) in [4.78, 5) is 2.55. The first-order valence-electron chi connectivity index (χ1n) is 6.85. The summed E-state index contributed by atoms with van der Waals surface area (Å²) >= 11 is 3.69. The Morgan fingerprint density at radius 3 is 2.83 bits per heavy atom. The van der Waals surface area contributed by atoms with E-state index in [1.165, 1.54) is 41.5 Å². The Kier molecular flexibility index (Phi) is 4.82. The topological polar surface area (TPSA) is 29.3 Å². The van der Waals surface area contributed by atoms with Crippen molar-refractivity contribution in [3.63, 3.8) is 0 Å². The molecule has 2 rings (SSSR count). The molecule has 0 aromatic heterocycles. The molecule has 1 heterocycles. The summed E-state index contributed by atoms with van der Waals surface area (Å²) in [6, 6.07) is 6.94. The van der Waals surface area contributed by atoms with E-state index in [1.807, 2.05) is 0 Å². The number of aryl methyl sites for hydroxylation is 1. The highest BCUT2D eigenvalue weighted by Gasteiger charge is 2.28. The number of hydrogen-bond donors (Lipinski definition) is 1. The van der Waals surface area contributed by atoms with Gasteiger partial charge in [-0.3, -0.25) is 4.90 Å². The minimum Gasteiger partial charge on any atom is -0.329 e. The van der Waals surface area contributed by atoms with E-state index < -0.39 is 0 Å². The lowest BCUT2D eigenvalue weighted by molar-refractivity contribution is 0.240. The van der Waals surface area contributed by atoms with Gasteiger partial charge in [-0.05, 0) is 43.0 Å². The van der Waals surface area contributed by atoms with Crippen molar-refractivity contribution in [2.75, 3.05) is 19.6 Å². The van der Waals surface area contributed by atoms with Crippen molar-refractivity contribution < 1.29 is 0 Å². The number of halogens is 1. The zero-order valence-corrected chi connectivity index (χ0v) is 12.9. The van der Waals surface area contributed by atoms with E-state index >= 15 is 0 Å². The van der Waals surface area contributed by atoms with Crippen LogP contribution in [0.1, 0.15) is 36.9 Å². The molecule has 0 bridgehead atoms. The molecule has 0 aliphatic carbocycles. The zero-order chi connectivity index (χ0) is 13.1. The highest BCUT2D eigenvalue weighted by atomic mass is 79.9. The number of benzene rings is 1. The van der Waals surface area contributed by atoms with Gasteiger partial charge in [0.05, 0.1) is 0 Å². The molecule has 2 nitrogen and oxygen atoms in total. The van der Waals surface area contributed by atoms with Crippen LogP contribution in [0.3, 0.4) is 0 Å². The molecule has 0 saturated carbocycles. The summed E-state index contributed by atoms with van der Waals surface area (Å²) in [5.74, 6) is 0.850. The van der Waals surface area contributed by atoms with Crippen molar-refractivity contribution in [3.05, 3.63) is 33.8 Å². The maximum atomic E-state index is 6.02. The van der Waals surface area contributed by atoms with E-state index in [0.717, 1.165) is 5.92 Å². The van der Waals surface area contributed by atoms with Crippen LogP contribution in [-0.4, -0.2) is 24.5 Å². The van der Waals surface area contributed by atoms with Crippen LogP contribution in [0.2, 0.25) is 0 Å². The second kappa shape index (κ2) is 6.18. The number of nitrogens with two attached hydrogens (primary N) is 1. The number of nitrogens with zero attached hydrogens (tertiary/aromatic N) is 1. The summed E-state index contributed by atoms with van der Waals surface area (Å²) < 4.78 is 1.19. The van der Waals surface area contributed by atoms with Crippen molar-refractivity contribution in [1.29, 1.82) is 0 Å². The van der Waals surface area contributed by atoms with Gasteiger partial charge in [0.15, 0.2) is 0 Å². The molecule has 3 heteroatoms. The van der Waals surface area contributed by atoms with Gasteiger partial charge in [-0.2, -0.15) is 0 Å². The molecule has 1 saturated heterocycles. The first-order valence-corrected chi connectivity index (χ1v) is 7.65. The Bertz CT molecular complexity index is 405. The van der Waals surface area contributed by atoms with Crippen LogP contribution in [0.5, 0.6) is 0 Å². The molecule has 100 valence electrons. The van der Waals surface area contributed by atoms with E-state index in [-0.39, 0.29) is 0 Å². The Balaban J connectivity index is 2.18. The van der Waals surface area contributed by atoms with E-state index in [1.54, 1.807) is 0 Å². The first kappa shape index (κ1) is 14.0. The zero-order valence-electron chi connectivity index (χ0n) is 11.3. The highest BCUT2D eigenvalue weighted by Crippen LogP contribution is 2.32. The molecule has 2 unspecified atom stereocenters. The Morgan fingerprint density at radius 1 is 1.50 bits per heavy atom. The van der Waals surface area contributed by atoms with Gasteiger partial charge in [0.1, 0.15) is 0 Å². The maximum Gasteiger partial charge on any atom is 0.0481 e. The van der Waals surface area contributed by atoms with Crippen LogP contribution in [0.15, 0.2) is 22.7 Å². The molecule has 1 aliphatic rings. The lowest BCUT2D eigenvalue weighted by Gasteiger charge is -2.28. The van der Waals surface area contributed by atoms with Gasteiger partial charge in [0.2, 0.25) is 0 Å². The minimum absolute atomic E-state index is 0.358. The van der Waals surface area contributed by atoms with Crippen molar-refractivity contribution in [1.82, 2.24) is 4.90 Å². The lowest BCUT2D eigenvalue weighted by atomic mass is 10.0. The highest BCUT2D eigenvalue weighted by molar-refractivity contribution is 9.10. The fourth-order valence-electron chi connectivity index (χ4n) is 2.85. The third-order valence-electron chi connectivity index (χ3n) is 4.07. The van der Waals surface area contributed by atoms with Crippen LogP contribution >= 0.6 is 15.9 Å². The molecule has 1 aromatic carbocycles. The number of likely N-dealkylation sites (tertiary alicyclic amines) is 1. The van der Waals surface area contributed by atoms with Crippen molar-refractivity contribution in [2.24, 2.45) is 11.7 Å². The Hall–Kier alpha value is -0.380. The van der Waals surface area contributed by atoms with Crippen molar-refractivity contribution in [3.8, 4) is 0 Å². The van der Waals surface area contributed by atoms with E-state index in [9.17, 15) is 0 Å². The van der Waals surface area contributed by atoms with Gasteiger partial charge in [-0.15, -0.1) is 0 Å². The van der Waals surface area contributed by atoms with Crippen molar-refractivity contribution >= 4 is 15.9 Å². The molecular formula is C15H23BrN2. The third-order valence-corrected chi connectivity index (χ3v) is 4.76. The smallest absolute Gasteiger partial charge is 0.0481 e. The molecule has 18 heavy (non-hydrogen) atoms. The Labute approximate surface area is 119 Å². The second-order valence-electron chi connectivity index (χ2n) is 5.33. The summed E-state index contributed by atoms with van der Waals surface area (Å²) in [6.45, 7) is 7.47. The van der Waals surface area contributed by atoms with Crippen LogP contribution in [-0.2, 0) is 0 Å². The molecule has 1 aromatic rings. The van der Waals surface area contributed by atoms with Gasteiger partial charge in [0, 0.05) is 23.6 Å². The summed E-state index contributed by atoms with van der Waals surface area (Å²) in [7, 11) is 0. The predicted molar refractivity (Wildman–Crippen MR) is 80.6 cm³/mol. The average molecular weight is 311 g/mol. The molecule has 0 amide bonds. The second-order valence-corrected chi connectivity index (χ2v) is 6.19. The van der Waals surface area contributed by atoms with Crippen molar-refractivity contribution in [2.45, 2.75) is 32.7 Å². The van der Waals surface area contributed by atoms with Gasteiger partial charge in [0.25, 0.3) is 0 Å². The fraction of sp³-hybridized carbons (Fsp3) is 0.600. The van der Waals surface area contributed by atoms with Gasteiger partial charge in [-0.1, -0.05) is 41.4 Å². The average Bonchev–Trinajstić information content (AvgIpc) is 2.81. The molecule has 0 spiro atoms.